The SMILES string of the molecule is CCc1ccccc1C1CC2CC1C1C3C=CC(C3)C21. The molecule has 20 heavy (non-hydrogen) atoms. The molecule has 4 bridgehead atoms. The first-order valence-electron chi connectivity index (χ1n) is 8.63. The van der Waals surface area contributed by atoms with Gasteiger partial charge in [0, 0.05) is 0 Å². The third-order valence-electron chi connectivity index (χ3n) is 7.11. The van der Waals surface area contributed by atoms with Gasteiger partial charge in [-0.3, -0.25) is 0 Å². The summed E-state index contributed by atoms with van der Waals surface area (Å²) in [5.74, 6) is 6.93. The molecule has 7 unspecified atom stereocenters. The van der Waals surface area contributed by atoms with Crippen molar-refractivity contribution in [2.45, 2.75) is 38.5 Å². The lowest BCUT2D eigenvalue weighted by Gasteiger charge is -2.37. The van der Waals surface area contributed by atoms with Gasteiger partial charge < -0.3 is 0 Å². The summed E-state index contributed by atoms with van der Waals surface area (Å²) < 4.78 is 0. The van der Waals surface area contributed by atoms with E-state index in [1.807, 2.05) is 0 Å². The average molecular weight is 264 g/mol. The van der Waals surface area contributed by atoms with Gasteiger partial charge in [-0.25, -0.2) is 0 Å². The molecule has 0 heterocycles. The number of allylic oxidation sites excluding steroid dienone is 2. The zero-order chi connectivity index (χ0) is 13.3. The normalized spacial score (nSPS) is 47.1. The Kier molecular flexibility index (Phi) is 2.32. The number of aryl methyl sites for hydroxylation is 1. The number of benzene rings is 1. The minimum absolute atomic E-state index is 0.880. The second kappa shape index (κ2) is 4.00. The van der Waals surface area contributed by atoms with Crippen molar-refractivity contribution in [1.29, 1.82) is 0 Å². The van der Waals surface area contributed by atoms with E-state index in [9.17, 15) is 0 Å². The van der Waals surface area contributed by atoms with E-state index in [0.717, 1.165) is 41.4 Å². The molecule has 1 aromatic rings. The van der Waals surface area contributed by atoms with Gasteiger partial charge in [0.15, 0.2) is 0 Å². The second-order valence-corrected chi connectivity index (χ2v) is 7.66. The molecular weight excluding hydrogens is 240 g/mol. The van der Waals surface area contributed by atoms with Crippen LogP contribution in [-0.2, 0) is 6.42 Å². The average Bonchev–Trinajstić information content (AvgIpc) is 3.24. The number of fused-ring (bicyclic) bond motifs is 9. The smallest absolute Gasteiger partial charge is 0.0125 e. The first-order chi connectivity index (χ1) is 9.86. The highest BCUT2D eigenvalue weighted by Gasteiger charge is 2.61. The van der Waals surface area contributed by atoms with Crippen molar-refractivity contribution >= 4 is 0 Å². The molecule has 0 amide bonds. The van der Waals surface area contributed by atoms with Gasteiger partial charge in [-0.05, 0) is 78.2 Å². The lowest BCUT2D eigenvalue weighted by Crippen LogP contribution is -2.30. The molecule has 0 aromatic heterocycles. The van der Waals surface area contributed by atoms with Crippen LogP contribution in [0.1, 0.15) is 43.2 Å². The number of hydrogen-bond donors (Lipinski definition) is 0. The molecule has 0 radical (unpaired) electrons. The Hall–Kier alpha value is -1.04. The molecule has 4 aliphatic carbocycles. The summed E-state index contributed by atoms with van der Waals surface area (Å²) in [6, 6.07) is 9.28. The molecule has 3 fully saturated rings. The van der Waals surface area contributed by atoms with Gasteiger partial charge in [-0.15, -0.1) is 0 Å². The van der Waals surface area contributed by atoms with Gasteiger partial charge >= 0.3 is 0 Å². The van der Waals surface area contributed by atoms with Crippen LogP contribution in [0, 0.1) is 35.5 Å². The molecule has 4 aliphatic rings. The van der Waals surface area contributed by atoms with E-state index >= 15 is 0 Å². The molecule has 0 saturated heterocycles. The molecule has 1 aromatic carbocycles. The van der Waals surface area contributed by atoms with Crippen LogP contribution in [0.3, 0.4) is 0 Å². The minimum Gasteiger partial charge on any atom is -0.0848 e. The molecule has 0 spiro atoms. The molecule has 3 saturated carbocycles. The van der Waals surface area contributed by atoms with Crippen LogP contribution < -0.4 is 0 Å². The third kappa shape index (κ3) is 1.33. The molecule has 5 rings (SSSR count). The molecule has 104 valence electrons. The Labute approximate surface area is 122 Å². The molecular formula is C20H24. The highest BCUT2D eigenvalue weighted by Crippen LogP contribution is 2.68. The van der Waals surface area contributed by atoms with E-state index in [0.29, 0.717) is 0 Å². The quantitative estimate of drug-likeness (QED) is 0.531. The Morgan fingerprint density at radius 2 is 1.75 bits per heavy atom. The maximum absolute atomic E-state index is 2.56. The van der Waals surface area contributed by atoms with E-state index in [2.05, 4.69) is 43.3 Å². The Morgan fingerprint density at radius 1 is 0.950 bits per heavy atom. The predicted octanol–water partition coefficient (Wildman–Crippen LogP) is 4.81. The molecule has 7 atom stereocenters. The molecule has 0 N–H and O–H groups in total. The van der Waals surface area contributed by atoms with Crippen molar-refractivity contribution in [3.63, 3.8) is 0 Å². The Morgan fingerprint density at radius 3 is 2.60 bits per heavy atom. The van der Waals surface area contributed by atoms with Crippen LogP contribution in [0.15, 0.2) is 36.4 Å². The fraction of sp³-hybridized carbons (Fsp3) is 0.600. The van der Waals surface area contributed by atoms with E-state index in [-0.39, 0.29) is 0 Å². The summed E-state index contributed by atoms with van der Waals surface area (Å²) in [6.07, 6.45) is 10.8. The second-order valence-electron chi connectivity index (χ2n) is 7.66. The van der Waals surface area contributed by atoms with Gasteiger partial charge in [0.05, 0.1) is 0 Å². The van der Waals surface area contributed by atoms with Crippen LogP contribution in [0.4, 0.5) is 0 Å². The van der Waals surface area contributed by atoms with Gasteiger partial charge in [-0.2, -0.15) is 0 Å². The van der Waals surface area contributed by atoms with E-state index in [1.54, 1.807) is 11.1 Å². The lowest BCUT2D eigenvalue weighted by atomic mass is 9.67. The lowest BCUT2D eigenvalue weighted by molar-refractivity contribution is 0.184. The van der Waals surface area contributed by atoms with Crippen molar-refractivity contribution < 1.29 is 0 Å². The first-order valence-corrected chi connectivity index (χ1v) is 8.63. The maximum atomic E-state index is 2.56. The third-order valence-corrected chi connectivity index (χ3v) is 7.11. The Balaban J connectivity index is 1.52. The summed E-state index contributed by atoms with van der Waals surface area (Å²) in [5.41, 5.74) is 3.31. The van der Waals surface area contributed by atoms with Crippen LogP contribution in [0.5, 0.6) is 0 Å². The highest BCUT2D eigenvalue weighted by atomic mass is 14.6. The monoisotopic (exact) mass is 264 g/mol. The van der Waals surface area contributed by atoms with Crippen molar-refractivity contribution in [3.05, 3.63) is 47.5 Å². The van der Waals surface area contributed by atoms with Crippen molar-refractivity contribution in [2.24, 2.45) is 35.5 Å². The van der Waals surface area contributed by atoms with E-state index in [4.69, 9.17) is 0 Å². The Bertz CT molecular complexity index is 569. The molecule has 0 aliphatic heterocycles. The topological polar surface area (TPSA) is 0 Å². The van der Waals surface area contributed by atoms with Crippen LogP contribution in [0.25, 0.3) is 0 Å². The predicted molar refractivity (Wildman–Crippen MR) is 82.5 cm³/mol. The van der Waals surface area contributed by atoms with Gasteiger partial charge in [0.2, 0.25) is 0 Å². The summed E-state index contributed by atoms with van der Waals surface area (Å²) in [5, 5.41) is 0. The van der Waals surface area contributed by atoms with Crippen LogP contribution >= 0.6 is 0 Å². The zero-order valence-electron chi connectivity index (χ0n) is 12.3. The summed E-state index contributed by atoms with van der Waals surface area (Å²) in [4.78, 5) is 0. The standard InChI is InChI=1S/C20H24/c1-2-12-5-3-4-6-16(12)17-10-15-11-18(17)20-14-8-7-13(9-14)19(15)20/h3-8,13-15,17-20H,2,9-11H2,1H3. The summed E-state index contributed by atoms with van der Waals surface area (Å²) >= 11 is 0. The van der Waals surface area contributed by atoms with Crippen molar-refractivity contribution in [2.75, 3.05) is 0 Å². The van der Waals surface area contributed by atoms with Gasteiger partial charge in [0.25, 0.3) is 0 Å². The van der Waals surface area contributed by atoms with Gasteiger partial charge in [0.1, 0.15) is 0 Å². The van der Waals surface area contributed by atoms with Crippen molar-refractivity contribution in [3.8, 4) is 0 Å². The van der Waals surface area contributed by atoms with Crippen LogP contribution in [0.2, 0.25) is 0 Å². The zero-order valence-corrected chi connectivity index (χ0v) is 12.3. The number of rotatable bonds is 2. The minimum atomic E-state index is 0.880. The summed E-state index contributed by atoms with van der Waals surface area (Å²) in [6.45, 7) is 2.31. The fourth-order valence-corrected chi connectivity index (χ4v) is 6.59. The van der Waals surface area contributed by atoms with E-state index < -0.39 is 0 Å². The number of hydrogen-bond acceptors (Lipinski definition) is 0. The van der Waals surface area contributed by atoms with Crippen molar-refractivity contribution in [1.82, 2.24) is 0 Å². The summed E-state index contributed by atoms with van der Waals surface area (Å²) in [7, 11) is 0. The molecule has 0 heteroatoms. The van der Waals surface area contributed by atoms with Crippen LogP contribution in [-0.4, -0.2) is 0 Å². The largest absolute Gasteiger partial charge is 0.0848 e. The maximum Gasteiger partial charge on any atom is -0.0125 e. The van der Waals surface area contributed by atoms with Gasteiger partial charge in [-0.1, -0.05) is 43.3 Å². The first kappa shape index (κ1) is 11.6. The molecule has 0 nitrogen and oxygen atoms in total. The van der Waals surface area contributed by atoms with E-state index in [1.165, 1.54) is 25.7 Å². The highest BCUT2D eigenvalue weighted by molar-refractivity contribution is 5.34. The fourth-order valence-electron chi connectivity index (χ4n) is 6.59.